The molecule has 0 aliphatic rings. The molecule has 4 nitrogen and oxygen atoms in total. The average Bonchev–Trinajstić information content (AvgIpc) is 2.65. The second-order valence-electron chi connectivity index (χ2n) is 7.44. The molecular weight excluding hydrogens is 338 g/mol. The third-order valence-electron chi connectivity index (χ3n) is 4.54. The van der Waals surface area contributed by atoms with Crippen LogP contribution in [0.3, 0.4) is 0 Å². The van der Waals surface area contributed by atoms with Crippen LogP contribution in [-0.2, 0) is 22.6 Å². The largest absolute Gasteiger partial charge is 0.463 e. The number of ether oxygens (including phenoxy) is 1. The van der Waals surface area contributed by atoms with E-state index in [1.165, 1.54) is 18.1 Å². The first-order valence-electron chi connectivity index (χ1n) is 9.59. The first-order valence-corrected chi connectivity index (χ1v) is 9.59. The number of aliphatic hydroxyl groups excluding tert-OH is 1. The number of hydrogen-bond acceptors (Lipinski definition) is 4. The van der Waals surface area contributed by atoms with Crippen LogP contribution in [-0.4, -0.2) is 34.7 Å². The van der Waals surface area contributed by atoms with Crippen LogP contribution in [0.2, 0.25) is 0 Å². The van der Waals surface area contributed by atoms with Gasteiger partial charge in [0.2, 0.25) is 0 Å². The highest BCUT2D eigenvalue weighted by Crippen LogP contribution is 2.21. The smallest absolute Gasteiger partial charge is 0.302 e. The fraction of sp³-hybridized carbons (Fsp3) is 0.435. The lowest BCUT2D eigenvalue weighted by atomic mass is 9.96. The van der Waals surface area contributed by atoms with Gasteiger partial charge >= 0.3 is 5.97 Å². The minimum absolute atomic E-state index is 0.0206. The van der Waals surface area contributed by atoms with Crippen molar-refractivity contribution < 1.29 is 14.6 Å². The van der Waals surface area contributed by atoms with E-state index < -0.39 is 6.10 Å². The fourth-order valence-corrected chi connectivity index (χ4v) is 3.27. The van der Waals surface area contributed by atoms with Crippen LogP contribution in [0.15, 0.2) is 60.7 Å². The van der Waals surface area contributed by atoms with E-state index in [0.717, 1.165) is 19.5 Å². The molecule has 2 aromatic rings. The van der Waals surface area contributed by atoms with Gasteiger partial charge in [-0.3, -0.25) is 9.69 Å². The highest BCUT2D eigenvalue weighted by molar-refractivity contribution is 5.65. The Kier molecular flexibility index (Phi) is 8.49. The van der Waals surface area contributed by atoms with Crippen molar-refractivity contribution in [3.8, 4) is 0 Å². The van der Waals surface area contributed by atoms with Crippen LogP contribution in [0.5, 0.6) is 0 Å². The molecule has 0 radical (unpaired) electrons. The van der Waals surface area contributed by atoms with Crippen LogP contribution >= 0.6 is 0 Å². The maximum atomic E-state index is 11.2. The van der Waals surface area contributed by atoms with Gasteiger partial charge in [-0.2, -0.15) is 0 Å². The minimum Gasteiger partial charge on any atom is -0.463 e. The normalized spacial score (nSPS) is 13.6. The Morgan fingerprint density at radius 2 is 1.44 bits per heavy atom. The van der Waals surface area contributed by atoms with Crippen molar-refractivity contribution in [2.75, 3.05) is 6.61 Å². The number of esters is 1. The van der Waals surface area contributed by atoms with Crippen molar-refractivity contribution in [2.24, 2.45) is 5.92 Å². The van der Waals surface area contributed by atoms with Gasteiger partial charge in [-0.05, 0) is 23.5 Å². The number of hydrogen-bond donors (Lipinski definition) is 1. The molecule has 2 atom stereocenters. The molecular formula is C23H31NO3. The van der Waals surface area contributed by atoms with Crippen molar-refractivity contribution in [3.63, 3.8) is 0 Å². The van der Waals surface area contributed by atoms with Crippen molar-refractivity contribution in [2.45, 2.75) is 52.4 Å². The lowest BCUT2D eigenvalue weighted by molar-refractivity contribution is -0.145. The summed E-state index contributed by atoms with van der Waals surface area (Å²) in [6.45, 7) is 7.14. The van der Waals surface area contributed by atoms with E-state index in [1.54, 1.807) is 0 Å². The fourth-order valence-electron chi connectivity index (χ4n) is 3.27. The van der Waals surface area contributed by atoms with Gasteiger partial charge in [-0.25, -0.2) is 0 Å². The van der Waals surface area contributed by atoms with E-state index in [4.69, 9.17) is 4.74 Å². The Hall–Kier alpha value is -2.17. The number of benzene rings is 2. The zero-order chi connectivity index (χ0) is 19.6. The second kappa shape index (κ2) is 10.9. The molecule has 0 bridgehead atoms. The molecule has 27 heavy (non-hydrogen) atoms. The van der Waals surface area contributed by atoms with Crippen LogP contribution in [0, 0.1) is 5.92 Å². The first kappa shape index (κ1) is 21.1. The summed E-state index contributed by atoms with van der Waals surface area (Å²) in [6.07, 6.45) is 0.0889. The zero-order valence-electron chi connectivity index (χ0n) is 16.5. The van der Waals surface area contributed by atoms with Crippen LogP contribution in [0.1, 0.15) is 38.3 Å². The molecule has 0 saturated heterocycles. The van der Waals surface area contributed by atoms with Gasteiger partial charge in [-0.1, -0.05) is 74.5 Å². The van der Waals surface area contributed by atoms with Gasteiger partial charge in [-0.15, -0.1) is 0 Å². The summed E-state index contributed by atoms with van der Waals surface area (Å²) in [5, 5.41) is 10.8. The molecule has 0 amide bonds. The summed E-state index contributed by atoms with van der Waals surface area (Å²) in [5.41, 5.74) is 2.39. The van der Waals surface area contributed by atoms with Gasteiger partial charge in [0.15, 0.2) is 0 Å². The number of carbonyl (C=O) groups is 1. The van der Waals surface area contributed by atoms with Crippen LogP contribution < -0.4 is 0 Å². The summed E-state index contributed by atoms with van der Waals surface area (Å²) in [4.78, 5) is 13.5. The number of rotatable bonds is 10. The highest BCUT2D eigenvalue weighted by atomic mass is 16.5. The van der Waals surface area contributed by atoms with Gasteiger partial charge in [0.25, 0.3) is 0 Å². The molecule has 0 aliphatic carbocycles. The molecule has 0 aliphatic heterocycles. The number of carbonyl (C=O) groups excluding carboxylic acids is 1. The van der Waals surface area contributed by atoms with Crippen LogP contribution in [0.25, 0.3) is 0 Å². The predicted octanol–water partition coefficient (Wildman–Crippen LogP) is 4.03. The van der Waals surface area contributed by atoms with Gasteiger partial charge in [0.05, 0.1) is 0 Å². The summed E-state index contributed by atoms with van der Waals surface area (Å²) < 4.78 is 5.10. The molecule has 0 fully saturated rings. The Balaban J connectivity index is 2.24. The third kappa shape index (κ3) is 7.53. The maximum Gasteiger partial charge on any atom is 0.302 e. The van der Waals surface area contributed by atoms with Gasteiger partial charge in [0, 0.05) is 26.1 Å². The first-order chi connectivity index (χ1) is 13.0. The highest BCUT2D eigenvalue weighted by Gasteiger charge is 2.28. The van der Waals surface area contributed by atoms with E-state index in [1.807, 2.05) is 36.4 Å². The molecule has 146 valence electrons. The number of nitrogens with zero attached hydrogens (tertiary/aromatic N) is 1. The quantitative estimate of drug-likeness (QED) is 0.643. The predicted molar refractivity (Wildman–Crippen MR) is 108 cm³/mol. The summed E-state index contributed by atoms with van der Waals surface area (Å²) in [5.74, 6) is 0.0473. The monoisotopic (exact) mass is 369 g/mol. The average molecular weight is 370 g/mol. The van der Waals surface area contributed by atoms with E-state index in [9.17, 15) is 9.90 Å². The van der Waals surface area contributed by atoms with Crippen LogP contribution in [0.4, 0.5) is 0 Å². The molecule has 2 aromatic carbocycles. The standard InChI is InChI=1S/C23H31NO3/c1-18(2)14-22(23(26)17-27-19(3)25)24(15-20-10-6-4-7-11-20)16-21-12-8-5-9-13-21/h4-13,18,22-23,26H,14-17H2,1-3H3. The van der Waals surface area contributed by atoms with Crippen molar-refractivity contribution in [3.05, 3.63) is 71.8 Å². The van der Waals surface area contributed by atoms with E-state index in [2.05, 4.69) is 43.0 Å². The van der Waals surface area contributed by atoms with E-state index >= 15 is 0 Å². The minimum atomic E-state index is -0.733. The lowest BCUT2D eigenvalue weighted by Gasteiger charge is -2.36. The topological polar surface area (TPSA) is 49.8 Å². The molecule has 0 spiro atoms. The Morgan fingerprint density at radius 3 is 1.85 bits per heavy atom. The van der Waals surface area contributed by atoms with Gasteiger partial charge < -0.3 is 9.84 Å². The zero-order valence-corrected chi connectivity index (χ0v) is 16.5. The second-order valence-corrected chi connectivity index (χ2v) is 7.44. The Morgan fingerprint density at radius 1 is 0.963 bits per heavy atom. The maximum absolute atomic E-state index is 11.2. The summed E-state index contributed by atoms with van der Waals surface area (Å²) in [7, 11) is 0. The SMILES string of the molecule is CC(=O)OCC(O)C(CC(C)C)N(Cc1ccccc1)Cc1ccccc1. The molecule has 1 N–H and O–H groups in total. The third-order valence-corrected chi connectivity index (χ3v) is 4.54. The molecule has 2 unspecified atom stereocenters. The molecule has 0 heterocycles. The van der Waals surface area contributed by atoms with Crippen molar-refractivity contribution in [1.29, 1.82) is 0 Å². The summed E-state index contributed by atoms with van der Waals surface area (Å²) >= 11 is 0. The molecule has 0 saturated carbocycles. The Bertz CT molecular complexity index is 631. The lowest BCUT2D eigenvalue weighted by Crippen LogP contribution is -2.46. The van der Waals surface area contributed by atoms with E-state index in [0.29, 0.717) is 5.92 Å². The van der Waals surface area contributed by atoms with E-state index in [-0.39, 0.29) is 18.6 Å². The summed E-state index contributed by atoms with van der Waals surface area (Å²) in [6, 6.07) is 20.4. The van der Waals surface area contributed by atoms with Crippen molar-refractivity contribution in [1.82, 2.24) is 4.90 Å². The van der Waals surface area contributed by atoms with Crippen molar-refractivity contribution >= 4 is 5.97 Å². The van der Waals surface area contributed by atoms with Gasteiger partial charge in [0.1, 0.15) is 12.7 Å². The number of aliphatic hydroxyl groups is 1. The molecule has 2 rings (SSSR count). The molecule has 0 aromatic heterocycles. The molecule has 4 heteroatoms. The Labute approximate surface area is 162 Å².